The van der Waals surface area contributed by atoms with Gasteiger partial charge in [-0.2, -0.15) is 4.98 Å². The molecule has 1 aliphatic rings. The van der Waals surface area contributed by atoms with Gasteiger partial charge in [0.1, 0.15) is 11.9 Å². The van der Waals surface area contributed by atoms with Crippen LogP contribution in [0.3, 0.4) is 0 Å². The smallest absolute Gasteiger partial charge is 0.219 e. The maximum atomic E-state index is 6.05. The lowest BCUT2D eigenvalue weighted by Crippen LogP contribution is -2.24. The fourth-order valence-electron chi connectivity index (χ4n) is 2.48. The van der Waals surface area contributed by atoms with E-state index < -0.39 is 0 Å². The molecule has 1 aliphatic carbocycles. The van der Waals surface area contributed by atoms with Crippen molar-refractivity contribution in [3.63, 3.8) is 0 Å². The Morgan fingerprint density at radius 3 is 2.95 bits per heavy atom. The summed E-state index contributed by atoms with van der Waals surface area (Å²) in [5, 5.41) is 3.99. The average molecular weight is 281 g/mol. The summed E-state index contributed by atoms with van der Waals surface area (Å²) in [5.74, 6) is 2.31. The van der Waals surface area contributed by atoms with Crippen LogP contribution in [0.5, 0.6) is 5.88 Å². The predicted molar refractivity (Wildman–Crippen MR) is 80.0 cm³/mol. The molecule has 0 aliphatic heterocycles. The number of aromatic nitrogens is 2. The topological polar surface area (TPSA) is 47.0 Å². The average Bonchev–Trinajstić information content (AvgIpc) is 2.39. The van der Waals surface area contributed by atoms with Gasteiger partial charge in [0.25, 0.3) is 0 Å². The number of nitrogens with one attached hydrogen (secondary N) is 1. The van der Waals surface area contributed by atoms with Gasteiger partial charge in [0.2, 0.25) is 5.88 Å². The molecule has 0 radical (unpaired) electrons. The van der Waals surface area contributed by atoms with Gasteiger partial charge >= 0.3 is 0 Å². The second kappa shape index (κ2) is 6.98. The third kappa shape index (κ3) is 4.27. The van der Waals surface area contributed by atoms with Crippen molar-refractivity contribution >= 4 is 17.6 Å². The molecule has 2 rings (SSSR count). The molecule has 0 aromatic carbocycles. The number of hydrogen-bond donors (Lipinski definition) is 1. The van der Waals surface area contributed by atoms with E-state index in [1.807, 2.05) is 12.3 Å². The van der Waals surface area contributed by atoms with Crippen LogP contribution in [0.25, 0.3) is 0 Å². The first-order chi connectivity index (χ1) is 9.21. The van der Waals surface area contributed by atoms with Gasteiger partial charge in [0.05, 0.1) is 0 Å². The molecule has 19 heavy (non-hydrogen) atoms. The Bertz CT molecular complexity index is 414. The molecule has 1 fully saturated rings. The molecule has 1 aromatic rings. The van der Waals surface area contributed by atoms with Crippen molar-refractivity contribution in [2.45, 2.75) is 50.8 Å². The minimum atomic E-state index is 0.308. The number of nitrogens with zero attached hydrogens (tertiary/aromatic N) is 2. The van der Waals surface area contributed by atoms with Crippen LogP contribution < -0.4 is 10.1 Å². The summed E-state index contributed by atoms with van der Waals surface area (Å²) in [6.45, 7) is 5.21. The molecule has 5 heteroatoms. The third-order valence-electron chi connectivity index (χ3n) is 3.40. The van der Waals surface area contributed by atoms with Crippen molar-refractivity contribution < 1.29 is 4.74 Å². The number of anilines is 1. The highest BCUT2D eigenvalue weighted by molar-refractivity contribution is 7.98. The van der Waals surface area contributed by atoms with Crippen LogP contribution in [0.4, 0.5) is 5.82 Å². The fraction of sp³-hybridized carbons (Fsp3) is 0.714. The zero-order valence-corrected chi connectivity index (χ0v) is 12.8. The number of thioether (sulfide) groups is 1. The lowest BCUT2D eigenvalue weighted by Gasteiger charge is -2.27. The van der Waals surface area contributed by atoms with E-state index in [1.54, 1.807) is 11.8 Å². The highest BCUT2D eigenvalue weighted by atomic mass is 32.2. The quantitative estimate of drug-likeness (QED) is 0.660. The Morgan fingerprint density at radius 2 is 2.26 bits per heavy atom. The molecule has 4 nitrogen and oxygen atoms in total. The first-order valence-electron chi connectivity index (χ1n) is 7.04. The van der Waals surface area contributed by atoms with Crippen molar-refractivity contribution in [3.8, 4) is 5.88 Å². The van der Waals surface area contributed by atoms with E-state index in [2.05, 4.69) is 29.1 Å². The van der Waals surface area contributed by atoms with E-state index in [-0.39, 0.29) is 0 Å². The molecule has 2 unspecified atom stereocenters. The highest BCUT2D eigenvalue weighted by Crippen LogP contribution is 2.28. The number of rotatable bonds is 5. The number of ether oxygens (including phenoxy) is 1. The van der Waals surface area contributed by atoms with Gasteiger partial charge in [-0.25, -0.2) is 4.98 Å². The molecule has 1 saturated carbocycles. The van der Waals surface area contributed by atoms with Crippen molar-refractivity contribution in [1.82, 2.24) is 9.97 Å². The summed E-state index contributed by atoms with van der Waals surface area (Å²) in [6.07, 6.45) is 7.14. The van der Waals surface area contributed by atoms with Gasteiger partial charge in [-0.3, -0.25) is 0 Å². The van der Waals surface area contributed by atoms with E-state index in [0.717, 1.165) is 36.3 Å². The molecule has 1 heterocycles. The minimum absolute atomic E-state index is 0.308. The van der Waals surface area contributed by atoms with Crippen LogP contribution in [0.15, 0.2) is 11.2 Å². The van der Waals surface area contributed by atoms with Gasteiger partial charge in [-0.1, -0.05) is 25.1 Å². The first kappa shape index (κ1) is 14.4. The molecule has 0 bridgehead atoms. The summed E-state index contributed by atoms with van der Waals surface area (Å²) in [5.41, 5.74) is 0. The van der Waals surface area contributed by atoms with Crippen LogP contribution in [0, 0.1) is 5.92 Å². The molecule has 1 N–H and O–H groups in total. The Kier molecular flexibility index (Phi) is 5.31. The third-order valence-corrected chi connectivity index (χ3v) is 3.95. The molecule has 106 valence electrons. The predicted octanol–water partition coefficient (Wildman–Crippen LogP) is 3.59. The number of hydrogen-bond acceptors (Lipinski definition) is 5. The summed E-state index contributed by atoms with van der Waals surface area (Å²) < 4.78 is 6.05. The summed E-state index contributed by atoms with van der Waals surface area (Å²) >= 11 is 1.54. The Hall–Kier alpha value is -0.970. The van der Waals surface area contributed by atoms with Crippen LogP contribution >= 0.6 is 11.8 Å². The molecular weight excluding hydrogens is 258 g/mol. The zero-order valence-electron chi connectivity index (χ0n) is 12.0. The Labute approximate surface area is 119 Å². The SMILES string of the molecule is CCNc1cc(OC2CCCC(C)C2)nc(SC)n1. The van der Waals surface area contributed by atoms with Crippen LogP contribution in [-0.4, -0.2) is 28.9 Å². The van der Waals surface area contributed by atoms with Crippen molar-refractivity contribution in [1.29, 1.82) is 0 Å². The first-order valence-corrected chi connectivity index (χ1v) is 8.27. The molecular formula is C14H23N3OS. The summed E-state index contributed by atoms with van der Waals surface area (Å²) in [7, 11) is 0. The van der Waals surface area contributed by atoms with Gasteiger partial charge < -0.3 is 10.1 Å². The molecule has 0 spiro atoms. The van der Waals surface area contributed by atoms with E-state index in [0.29, 0.717) is 12.0 Å². The van der Waals surface area contributed by atoms with Crippen LogP contribution in [0.1, 0.15) is 39.5 Å². The van der Waals surface area contributed by atoms with E-state index in [4.69, 9.17) is 4.74 Å². The lowest BCUT2D eigenvalue weighted by atomic mass is 9.89. The second-order valence-corrected chi connectivity index (χ2v) is 5.89. The van der Waals surface area contributed by atoms with Crippen molar-refractivity contribution in [3.05, 3.63) is 6.07 Å². The van der Waals surface area contributed by atoms with E-state index >= 15 is 0 Å². The van der Waals surface area contributed by atoms with E-state index in [9.17, 15) is 0 Å². The molecule has 2 atom stereocenters. The summed E-state index contributed by atoms with van der Waals surface area (Å²) in [6, 6.07) is 1.91. The lowest BCUT2D eigenvalue weighted by molar-refractivity contribution is 0.123. The van der Waals surface area contributed by atoms with Crippen LogP contribution in [-0.2, 0) is 0 Å². The highest BCUT2D eigenvalue weighted by Gasteiger charge is 2.21. The van der Waals surface area contributed by atoms with E-state index in [1.165, 1.54) is 12.8 Å². The second-order valence-electron chi connectivity index (χ2n) is 5.12. The molecule has 0 amide bonds. The largest absolute Gasteiger partial charge is 0.474 e. The Morgan fingerprint density at radius 1 is 1.42 bits per heavy atom. The fourth-order valence-corrected chi connectivity index (χ4v) is 2.85. The molecule has 0 saturated heterocycles. The standard InChI is InChI=1S/C14H23N3OS/c1-4-15-12-9-13(17-14(16-12)19-3)18-11-7-5-6-10(2)8-11/h9-11H,4-8H2,1-3H3,(H,15,16,17). The Balaban J connectivity index is 2.07. The summed E-state index contributed by atoms with van der Waals surface area (Å²) in [4.78, 5) is 8.85. The maximum Gasteiger partial charge on any atom is 0.219 e. The minimum Gasteiger partial charge on any atom is -0.474 e. The maximum absolute atomic E-state index is 6.05. The van der Waals surface area contributed by atoms with Crippen LogP contribution in [0.2, 0.25) is 0 Å². The van der Waals surface area contributed by atoms with Gasteiger partial charge in [0, 0.05) is 12.6 Å². The van der Waals surface area contributed by atoms with Gasteiger partial charge in [-0.15, -0.1) is 0 Å². The van der Waals surface area contributed by atoms with Gasteiger partial charge in [0.15, 0.2) is 5.16 Å². The normalized spacial score (nSPS) is 23.1. The zero-order chi connectivity index (χ0) is 13.7. The van der Waals surface area contributed by atoms with Crippen molar-refractivity contribution in [2.75, 3.05) is 18.1 Å². The molecule has 1 aromatic heterocycles. The van der Waals surface area contributed by atoms with Gasteiger partial charge in [-0.05, 0) is 38.4 Å². The monoisotopic (exact) mass is 281 g/mol. The van der Waals surface area contributed by atoms with Crippen molar-refractivity contribution in [2.24, 2.45) is 5.92 Å².